The van der Waals surface area contributed by atoms with Crippen LogP contribution in [0.15, 0.2) is 18.3 Å². The number of aryl methyl sites for hydroxylation is 1. The van der Waals surface area contributed by atoms with Gasteiger partial charge >= 0.3 is 0 Å². The van der Waals surface area contributed by atoms with Crippen molar-refractivity contribution < 1.29 is 0 Å². The lowest BCUT2D eigenvalue weighted by Gasteiger charge is -2.26. The molecule has 1 rings (SSSR count). The SMILES string of the molecule is CC(C)(C)C(N)CCCc1ccnc(N)c1. The van der Waals surface area contributed by atoms with Crippen molar-refractivity contribution >= 4 is 5.82 Å². The second-order valence-electron chi connectivity index (χ2n) is 5.45. The van der Waals surface area contributed by atoms with E-state index in [4.69, 9.17) is 11.5 Å². The van der Waals surface area contributed by atoms with Gasteiger partial charge in [-0.2, -0.15) is 0 Å². The molecule has 3 heteroatoms. The minimum atomic E-state index is 0.192. The second-order valence-corrected chi connectivity index (χ2v) is 5.45. The van der Waals surface area contributed by atoms with Gasteiger partial charge in [0.1, 0.15) is 5.82 Å². The van der Waals surface area contributed by atoms with E-state index < -0.39 is 0 Å². The molecule has 1 aromatic rings. The highest BCUT2D eigenvalue weighted by molar-refractivity contribution is 5.31. The number of pyridine rings is 1. The van der Waals surface area contributed by atoms with E-state index >= 15 is 0 Å². The van der Waals surface area contributed by atoms with Crippen molar-refractivity contribution in [3.63, 3.8) is 0 Å². The molecule has 16 heavy (non-hydrogen) atoms. The summed E-state index contributed by atoms with van der Waals surface area (Å²) in [5, 5.41) is 0. The third-order valence-corrected chi connectivity index (χ3v) is 2.94. The Morgan fingerprint density at radius 1 is 1.38 bits per heavy atom. The molecule has 0 radical (unpaired) electrons. The van der Waals surface area contributed by atoms with Crippen LogP contribution in [-0.4, -0.2) is 11.0 Å². The molecule has 0 aliphatic rings. The van der Waals surface area contributed by atoms with E-state index in [1.807, 2.05) is 12.1 Å². The number of hydrogen-bond donors (Lipinski definition) is 2. The Kier molecular flexibility index (Phi) is 4.30. The zero-order chi connectivity index (χ0) is 12.2. The van der Waals surface area contributed by atoms with E-state index in [-0.39, 0.29) is 11.5 Å². The monoisotopic (exact) mass is 221 g/mol. The predicted molar refractivity (Wildman–Crippen MR) is 69.0 cm³/mol. The van der Waals surface area contributed by atoms with Crippen molar-refractivity contribution in [1.29, 1.82) is 0 Å². The third kappa shape index (κ3) is 4.19. The van der Waals surface area contributed by atoms with E-state index in [9.17, 15) is 0 Å². The van der Waals surface area contributed by atoms with E-state index in [1.54, 1.807) is 6.20 Å². The van der Waals surface area contributed by atoms with Crippen molar-refractivity contribution in [2.75, 3.05) is 5.73 Å². The maximum Gasteiger partial charge on any atom is 0.123 e. The number of hydrogen-bond acceptors (Lipinski definition) is 3. The van der Waals surface area contributed by atoms with Crippen LogP contribution < -0.4 is 11.5 Å². The smallest absolute Gasteiger partial charge is 0.123 e. The standard InChI is InChI=1S/C13H23N3/c1-13(2,3)11(14)6-4-5-10-7-8-16-12(15)9-10/h7-9,11H,4-6,14H2,1-3H3,(H2,15,16). The molecule has 4 N–H and O–H groups in total. The average Bonchev–Trinajstić information content (AvgIpc) is 2.16. The van der Waals surface area contributed by atoms with Crippen LogP contribution in [0.5, 0.6) is 0 Å². The van der Waals surface area contributed by atoms with Gasteiger partial charge < -0.3 is 11.5 Å². The van der Waals surface area contributed by atoms with Gasteiger partial charge in [0, 0.05) is 12.2 Å². The molecule has 0 fully saturated rings. The van der Waals surface area contributed by atoms with Crippen molar-refractivity contribution in [3.05, 3.63) is 23.9 Å². The summed E-state index contributed by atoms with van der Waals surface area (Å²) in [4.78, 5) is 3.98. The van der Waals surface area contributed by atoms with E-state index in [2.05, 4.69) is 25.8 Å². The minimum Gasteiger partial charge on any atom is -0.384 e. The summed E-state index contributed by atoms with van der Waals surface area (Å²) in [6.07, 6.45) is 4.93. The molecule has 1 heterocycles. The summed E-state index contributed by atoms with van der Waals surface area (Å²) in [5.74, 6) is 0.595. The summed E-state index contributed by atoms with van der Waals surface area (Å²) >= 11 is 0. The van der Waals surface area contributed by atoms with Gasteiger partial charge in [0.05, 0.1) is 0 Å². The lowest BCUT2D eigenvalue weighted by Crippen LogP contribution is -2.34. The van der Waals surface area contributed by atoms with Gasteiger partial charge in [-0.25, -0.2) is 4.98 Å². The minimum absolute atomic E-state index is 0.192. The Morgan fingerprint density at radius 2 is 2.06 bits per heavy atom. The number of nitrogens with two attached hydrogens (primary N) is 2. The number of rotatable bonds is 4. The predicted octanol–water partition coefficient (Wildman–Crippen LogP) is 2.36. The van der Waals surface area contributed by atoms with Crippen LogP contribution in [0.2, 0.25) is 0 Å². The molecule has 0 saturated carbocycles. The first kappa shape index (κ1) is 13.0. The Labute approximate surface area is 98.3 Å². The summed E-state index contributed by atoms with van der Waals surface area (Å²) in [6, 6.07) is 4.20. The molecule has 1 atom stereocenters. The first-order valence-electron chi connectivity index (χ1n) is 5.85. The van der Waals surface area contributed by atoms with Gasteiger partial charge in [0.15, 0.2) is 0 Å². The zero-order valence-corrected chi connectivity index (χ0v) is 10.5. The molecule has 0 amide bonds. The topological polar surface area (TPSA) is 64.9 Å². The fraction of sp³-hybridized carbons (Fsp3) is 0.615. The highest BCUT2D eigenvalue weighted by Crippen LogP contribution is 2.21. The number of nitrogen functional groups attached to an aromatic ring is 1. The Morgan fingerprint density at radius 3 is 2.62 bits per heavy atom. The lowest BCUT2D eigenvalue weighted by atomic mass is 9.84. The molecule has 0 aliphatic carbocycles. The Hall–Kier alpha value is -1.09. The van der Waals surface area contributed by atoms with E-state index in [0.717, 1.165) is 19.3 Å². The molecule has 1 unspecified atom stereocenters. The molecule has 0 saturated heterocycles. The molecule has 0 bridgehead atoms. The largest absolute Gasteiger partial charge is 0.384 e. The van der Waals surface area contributed by atoms with Crippen molar-refractivity contribution in [2.45, 2.75) is 46.1 Å². The van der Waals surface area contributed by atoms with E-state index in [1.165, 1.54) is 5.56 Å². The van der Waals surface area contributed by atoms with Crippen LogP contribution in [0.4, 0.5) is 5.82 Å². The van der Waals surface area contributed by atoms with Crippen LogP contribution in [0, 0.1) is 5.41 Å². The first-order chi connectivity index (χ1) is 7.39. The first-order valence-corrected chi connectivity index (χ1v) is 5.85. The molecule has 1 aromatic heterocycles. The molecule has 0 aromatic carbocycles. The van der Waals surface area contributed by atoms with Crippen molar-refractivity contribution in [2.24, 2.45) is 11.1 Å². The fourth-order valence-corrected chi connectivity index (χ4v) is 1.61. The van der Waals surface area contributed by atoms with Gasteiger partial charge in [-0.15, -0.1) is 0 Å². The Balaban J connectivity index is 2.36. The summed E-state index contributed by atoms with van der Waals surface area (Å²) in [5.41, 5.74) is 13.2. The number of nitrogens with zero attached hydrogens (tertiary/aromatic N) is 1. The van der Waals surface area contributed by atoms with Crippen LogP contribution in [-0.2, 0) is 6.42 Å². The van der Waals surface area contributed by atoms with Gasteiger partial charge in [-0.1, -0.05) is 20.8 Å². The third-order valence-electron chi connectivity index (χ3n) is 2.94. The van der Waals surface area contributed by atoms with Crippen molar-refractivity contribution in [3.8, 4) is 0 Å². The van der Waals surface area contributed by atoms with Crippen LogP contribution in [0.1, 0.15) is 39.2 Å². The second kappa shape index (κ2) is 5.30. The maximum atomic E-state index is 6.11. The summed E-state index contributed by atoms with van der Waals surface area (Å²) < 4.78 is 0. The van der Waals surface area contributed by atoms with Crippen LogP contribution in [0.3, 0.4) is 0 Å². The van der Waals surface area contributed by atoms with Gasteiger partial charge in [0.25, 0.3) is 0 Å². The number of aromatic nitrogens is 1. The quantitative estimate of drug-likeness (QED) is 0.820. The van der Waals surface area contributed by atoms with Gasteiger partial charge in [0.2, 0.25) is 0 Å². The van der Waals surface area contributed by atoms with Gasteiger partial charge in [-0.3, -0.25) is 0 Å². The zero-order valence-electron chi connectivity index (χ0n) is 10.5. The molecule has 3 nitrogen and oxygen atoms in total. The number of anilines is 1. The van der Waals surface area contributed by atoms with E-state index in [0.29, 0.717) is 5.82 Å². The maximum absolute atomic E-state index is 6.11. The summed E-state index contributed by atoms with van der Waals surface area (Å²) in [7, 11) is 0. The molecular weight excluding hydrogens is 198 g/mol. The lowest BCUT2D eigenvalue weighted by molar-refractivity contribution is 0.301. The van der Waals surface area contributed by atoms with Crippen molar-refractivity contribution in [1.82, 2.24) is 4.98 Å². The highest BCUT2D eigenvalue weighted by atomic mass is 14.8. The molecular formula is C13H23N3. The highest BCUT2D eigenvalue weighted by Gasteiger charge is 2.19. The summed E-state index contributed by atoms with van der Waals surface area (Å²) in [6.45, 7) is 6.55. The van der Waals surface area contributed by atoms with Crippen LogP contribution in [0.25, 0.3) is 0 Å². The van der Waals surface area contributed by atoms with Crippen LogP contribution >= 0.6 is 0 Å². The average molecular weight is 221 g/mol. The Bertz CT molecular complexity index is 328. The molecule has 90 valence electrons. The molecule has 0 spiro atoms. The normalized spacial score (nSPS) is 13.8. The fourth-order valence-electron chi connectivity index (χ4n) is 1.61. The van der Waals surface area contributed by atoms with Gasteiger partial charge in [-0.05, 0) is 42.4 Å². The molecule has 0 aliphatic heterocycles.